The number of hydrogen-bond acceptors (Lipinski definition) is 6. The maximum Gasteiger partial charge on any atom is 0.325 e. The molecule has 9 heteroatoms. The molecule has 3 aliphatic rings. The van der Waals surface area contributed by atoms with Gasteiger partial charge in [0.25, 0.3) is 5.91 Å². The summed E-state index contributed by atoms with van der Waals surface area (Å²) in [4.78, 5) is 24.7. The third kappa shape index (κ3) is 4.02. The SMILES string of the molecule is C=C1NC(=O)C(C#Cc2ccc3c4cccc5cccc(c6cccc2c63)c54)=CN1[C@@H]1O[C@]2(CC)COC1[C@@H]2OP(C)(=O)O. The zero-order valence-electron chi connectivity index (χ0n) is 24.2. The maximum absolute atomic E-state index is 13.1. The highest BCUT2D eigenvalue weighted by Crippen LogP contribution is 2.52. The molecule has 5 atom stereocenters. The minimum Gasteiger partial charge on any atom is -0.368 e. The quantitative estimate of drug-likeness (QED) is 0.113. The molecule has 2 N–H and O–H groups in total. The predicted molar refractivity (Wildman–Crippen MR) is 170 cm³/mol. The van der Waals surface area contributed by atoms with Crippen molar-refractivity contribution < 1.29 is 28.3 Å². The topological polar surface area (TPSA) is 97.3 Å². The van der Waals surface area contributed by atoms with Crippen LogP contribution in [0.4, 0.5) is 0 Å². The number of nitrogens with zero attached hydrogens (tertiary/aromatic N) is 1. The van der Waals surface area contributed by atoms with Crippen LogP contribution in [0.15, 0.2) is 90.9 Å². The minimum atomic E-state index is -3.82. The Hall–Kier alpha value is -4.22. The Labute approximate surface area is 253 Å². The standard InChI is InChI=1S/C35H29N2O6P/c1-4-35-19-41-31(32(35)43-44(3,39)40)34(42-35)37-18-23(33(38)36-20(37)2)15-14-21-16-17-28-26-12-6-9-22-8-5-11-25(29(22)26)27-13-7-10-24(21)30(27)28/h5-13,16-18,31-32,34H,2,4,19H2,1,3H3,(H,36,38)(H,39,40)/t31?,32-,34+,35+/m0/s1. The van der Waals surface area contributed by atoms with Crippen LogP contribution in [0.2, 0.25) is 0 Å². The average molecular weight is 605 g/mol. The van der Waals surface area contributed by atoms with Gasteiger partial charge in [-0.05, 0) is 55.6 Å². The van der Waals surface area contributed by atoms with Crippen molar-refractivity contribution in [2.75, 3.05) is 13.3 Å². The van der Waals surface area contributed by atoms with E-state index in [0.717, 1.165) is 33.8 Å². The summed E-state index contributed by atoms with van der Waals surface area (Å²) in [5.74, 6) is 6.26. The first-order valence-electron chi connectivity index (χ1n) is 14.6. The molecule has 2 unspecified atom stereocenters. The van der Waals surface area contributed by atoms with E-state index >= 15 is 0 Å². The van der Waals surface area contributed by atoms with Crippen LogP contribution >= 0.6 is 7.60 Å². The van der Waals surface area contributed by atoms with E-state index in [1.165, 1.54) is 21.5 Å². The average Bonchev–Trinajstić information content (AvgIpc) is 3.49. The van der Waals surface area contributed by atoms with Gasteiger partial charge in [0.05, 0.1) is 6.61 Å². The summed E-state index contributed by atoms with van der Waals surface area (Å²) in [6.45, 7) is 7.31. The van der Waals surface area contributed by atoms with Crippen molar-refractivity contribution in [3.05, 3.63) is 96.5 Å². The van der Waals surface area contributed by atoms with Crippen LogP contribution in [-0.2, 0) is 23.4 Å². The molecule has 3 aliphatic heterocycles. The van der Waals surface area contributed by atoms with Crippen LogP contribution in [0.5, 0.6) is 0 Å². The first-order chi connectivity index (χ1) is 21.2. The molecule has 0 aromatic heterocycles. The lowest BCUT2D eigenvalue weighted by molar-refractivity contribution is -0.182. The maximum atomic E-state index is 13.1. The molecule has 0 spiro atoms. The van der Waals surface area contributed by atoms with Crippen LogP contribution in [0, 0.1) is 11.8 Å². The molecule has 2 fully saturated rings. The van der Waals surface area contributed by atoms with E-state index in [-0.39, 0.29) is 18.1 Å². The third-order valence-corrected chi connectivity index (χ3v) is 9.71. The van der Waals surface area contributed by atoms with Crippen molar-refractivity contribution in [2.45, 2.75) is 37.4 Å². The molecule has 44 heavy (non-hydrogen) atoms. The summed E-state index contributed by atoms with van der Waals surface area (Å²) in [5, 5.41) is 12.1. The zero-order valence-corrected chi connectivity index (χ0v) is 25.1. The summed E-state index contributed by atoms with van der Waals surface area (Å²) < 4.78 is 30.2. The third-order valence-electron chi connectivity index (χ3n) is 9.10. The number of fused-ring (bicyclic) bond motifs is 4. The van der Waals surface area contributed by atoms with E-state index in [9.17, 15) is 14.3 Å². The van der Waals surface area contributed by atoms with Gasteiger partial charge in [-0.3, -0.25) is 13.9 Å². The molecule has 2 bridgehead atoms. The van der Waals surface area contributed by atoms with Crippen molar-refractivity contribution in [3.63, 3.8) is 0 Å². The highest BCUT2D eigenvalue weighted by atomic mass is 31.2. The molecule has 0 saturated carbocycles. The molecule has 0 radical (unpaired) electrons. The van der Waals surface area contributed by atoms with Crippen LogP contribution in [0.1, 0.15) is 18.9 Å². The van der Waals surface area contributed by atoms with Crippen molar-refractivity contribution >= 4 is 56.6 Å². The summed E-state index contributed by atoms with van der Waals surface area (Å²) in [6.07, 6.45) is -0.0257. The number of benzene rings is 5. The Morgan fingerprint density at radius 2 is 1.68 bits per heavy atom. The van der Waals surface area contributed by atoms with E-state index < -0.39 is 31.6 Å². The van der Waals surface area contributed by atoms with Gasteiger partial charge in [-0.25, -0.2) is 0 Å². The van der Waals surface area contributed by atoms with Gasteiger partial charge in [-0.1, -0.05) is 86.0 Å². The number of amides is 1. The lowest BCUT2D eigenvalue weighted by atomic mass is 9.88. The Kier molecular flexibility index (Phi) is 5.99. The van der Waals surface area contributed by atoms with Crippen LogP contribution in [0.3, 0.4) is 0 Å². The Balaban J connectivity index is 1.20. The fraction of sp³-hybridized carbons (Fsp3) is 0.229. The second-order valence-electron chi connectivity index (χ2n) is 11.7. The lowest BCUT2D eigenvalue weighted by Gasteiger charge is -2.38. The monoisotopic (exact) mass is 604 g/mol. The molecule has 5 aromatic carbocycles. The van der Waals surface area contributed by atoms with Gasteiger partial charge >= 0.3 is 7.60 Å². The van der Waals surface area contributed by atoms with Crippen molar-refractivity contribution in [2.24, 2.45) is 0 Å². The smallest absolute Gasteiger partial charge is 0.325 e. The molecule has 8 nitrogen and oxygen atoms in total. The minimum absolute atomic E-state index is 0.228. The summed E-state index contributed by atoms with van der Waals surface area (Å²) in [6, 6.07) is 23.2. The number of ether oxygens (including phenoxy) is 2. The highest BCUT2D eigenvalue weighted by molar-refractivity contribution is 7.51. The summed E-state index contributed by atoms with van der Waals surface area (Å²) >= 11 is 0. The molecule has 0 aliphatic carbocycles. The molecule has 3 heterocycles. The van der Waals surface area contributed by atoms with Gasteiger partial charge in [0.1, 0.15) is 29.2 Å². The van der Waals surface area contributed by atoms with Crippen LogP contribution in [0.25, 0.3) is 43.1 Å². The van der Waals surface area contributed by atoms with Gasteiger partial charge in [0, 0.05) is 18.4 Å². The van der Waals surface area contributed by atoms with E-state index in [1.54, 1.807) is 11.1 Å². The van der Waals surface area contributed by atoms with Gasteiger partial charge < -0.3 is 24.6 Å². The highest BCUT2D eigenvalue weighted by Gasteiger charge is 2.64. The second kappa shape index (κ2) is 9.64. The number of hydrogen-bond donors (Lipinski definition) is 2. The number of carbonyl (C=O) groups excluding carboxylic acids is 1. The van der Waals surface area contributed by atoms with E-state index in [0.29, 0.717) is 12.2 Å². The van der Waals surface area contributed by atoms with E-state index in [2.05, 4.69) is 78.3 Å². The first kappa shape index (κ1) is 27.3. The lowest BCUT2D eigenvalue weighted by Crippen LogP contribution is -2.49. The Morgan fingerprint density at radius 3 is 2.39 bits per heavy atom. The number of nitrogens with one attached hydrogen (secondary N) is 1. The van der Waals surface area contributed by atoms with Crippen LogP contribution < -0.4 is 5.32 Å². The van der Waals surface area contributed by atoms with Gasteiger partial charge in [0.2, 0.25) is 0 Å². The molecular formula is C35H29N2O6P. The fourth-order valence-corrected chi connectivity index (χ4v) is 7.79. The van der Waals surface area contributed by atoms with Crippen molar-refractivity contribution in [1.82, 2.24) is 10.2 Å². The van der Waals surface area contributed by atoms with E-state index in [1.807, 2.05) is 19.1 Å². The second-order valence-corrected chi connectivity index (χ2v) is 13.5. The summed E-state index contributed by atoms with van der Waals surface area (Å²) in [5.41, 5.74) is 0.143. The zero-order chi connectivity index (χ0) is 30.4. The molecule has 8 rings (SSSR count). The van der Waals surface area contributed by atoms with Gasteiger partial charge in [0.15, 0.2) is 6.23 Å². The normalized spacial score (nSPS) is 26.3. The molecule has 1 amide bonds. The Morgan fingerprint density at radius 1 is 1.02 bits per heavy atom. The van der Waals surface area contributed by atoms with Crippen molar-refractivity contribution in [3.8, 4) is 11.8 Å². The molecule has 5 aromatic rings. The first-order valence-corrected chi connectivity index (χ1v) is 16.6. The van der Waals surface area contributed by atoms with E-state index in [4.69, 9.17) is 14.0 Å². The molecule has 220 valence electrons. The predicted octanol–water partition coefficient (Wildman–Crippen LogP) is 5.98. The van der Waals surface area contributed by atoms with Crippen LogP contribution in [-0.4, -0.2) is 53.0 Å². The van der Waals surface area contributed by atoms with Crippen molar-refractivity contribution in [1.29, 1.82) is 0 Å². The Bertz CT molecular complexity index is 2140. The number of carbonyl (C=O) groups is 1. The number of rotatable bonds is 4. The molecular weight excluding hydrogens is 575 g/mol. The fourth-order valence-electron chi connectivity index (χ4n) is 7.06. The van der Waals surface area contributed by atoms with Gasteiger partial charge in [-0.2, -0.15) is 0 Å². The molecule has 2 saturated heterocycles. The largest absolute Gasteiger partial charge is 0.368 e. The summed E-state index contributed by atoms with van der Waals surface area (Å²) in [7, 11) is -3.82. The van der Waals surface area contributed by atoms with Gasteiger partial charge in [-0.15, -0.1) is 0 Å².